The van der Waals surface area contributed by atoms with Crippen molar-refractivity contribution in [1.29, 1.82) is 0 Å². The Bertz CT molecular complexity index is 5050. The van der Waals surface area contributed by atoms with E-state index in [9.17, 15) is 13.7 Å². The second-order valence-electron chi connectivity index (χ2n) is 28.7. The third kappa shape index (κ3) is 21.1. The number of hydrogen-bond acceptors (Lipinski definition) is 24. The van der Waals surface area contributed by atoms with Crippen molar-refractivity contribution in [2.24, 2.45) is 0 Å². The maximum Gasteiger partial charge on any atom is 0.229 e. The molecule has 3 aliphatic heterocycles. The maximum absolute atomic E-state index is 13.0. The molecule has 6 N–H and O–H groups in total. The van der Waals surface area contributed by atoms with Gasteiger partial charge >= 0.3 is 0 Å². The van der Waals surface area contributed by atoms with E-state index in [1.807, 2.05) is 91.1 Å². The number of piperidine rings is 1. The number of nitrogens with zero attached hydrogens (tertiary/aromatic N) is 11. The highest BCUT2D eigenvalue weighted by Gasteiger charge is 2.31. The Kier molecular flexibility index (Phi) is 26.2. The Labute approximate surface area is 654 Å². The zero-order valence-corrected chi connectivity index (χ0v) is 68.2. The number of halogens is 2. The van der Waals surface area contributed by atoms with E-state index in [1.54, 1.807) is 104 Å². The highest BCUT2D eigenvalue weighted by Crippen LogP contribution is 2.46. The number of aromatic nitrogens is 7. The Morgan fingerprint density at radius 2 is 0.918 bits per heavy atom. The molecule has 7 heterocycles. The number of likely N-dealkylation sites (N-methyl/N-ethyl adjacent to an activating group) is 2. The third-order valence-corrected chi connectivity index (χ3v) is 24.6. The van der Waals surface area contributed by atoms with E-state index < -0.39 is 21.4 Å². The van der Waals surface area contributed by atoms with E-state index >= 15 is 0 Å². The normalized spacial score (nSPS) is 15.2. The summed E-state index contributed by atoms with van der Waals surface area (Å²) in [6.07, 6.45) is 16.2. The summed E-state index contributed by atoms with van der Waals surface area (Å²) < 4.78 is 61.2. The van der Waals surface area contributed by atoms with Gasteiger partial charge < -0.3 is 79.2 Å². The molecule has 1 saturated carbocycles. The molecule has 0 bridgehead atoms. The molecular weight excluding hydrogens is 1490 g/mol. The van der Waals surface area contributed by atoms with Crippen molar-refractivity contribution in [1.82, 2.24) is 49.6 Å². The molecule has 29 heteroatoms. The largest absolute Gasteiger partial charge is 0.495 e. The third-order valence-electron chi connectivity index (χ3n) is 19.4. The van der Waals surface area contributed by atoms with Gasteiger partial charge in [0.1, 0.15) is 66.0 Å². The second kappa shape index (κ2) is 36.0. The van der Waals surface area contributed by atoms with E-state index in [4.69, 9.17) is 47.1 Å². The minimum Gasteiger partial charge on any atom is -0.495 e. The van der Waals surface area contributed by atoms with Crippen molar-refractivity contribution < 1.29 is 32.6 Å². The minimum absolute atomic E-state index is 0.307. The number of pyridine rings is 1. The first-order valence-electron chi connectivity index (χ1n) is 36.5. The predicted octanol–water partition coefficient (Wildman–Crippen LogP) is 17.0. The lowest BCUT2D eigenvalue weighted by atomic mass is 9.99. The van der Waals surface area contributed by atoms with Crippen LogP contribution in [-0.4, -0.2) is 183 Å². The molecule has 1 aliphatic carbocycles. The van der Waals surface area contributed by atoms with Crippen LogP contribution in [0, 0.1) is 0 Å². The van der Waals surface area contributed by atoms with E-state index in [0.29, 0.717) is 96.9 Å². The van der Waals surface area contributed by atoms with Gasteiger partial charge in [-0.15, -0.1) is 0 Å². The fourth-order valence-electron chi connectivity index (χ4n) is 13.2. The fourth-order valence-corrected chi connectivity index (χ4v) is 17.0. The average molecular weight is 1580 g/mol. The Balaban J connectivity index is 0.000000155. The summed E-state index contributed by atoms with van der Waals surface area (Å²) in [6.45, 7) is 19.3. The maximum atomic E-state index is 13.0. The first-order valence-corrected chi connectivity index (χ1v) is 45.1. The van der Waals surface area contributed by atoms with Gasteiger partial charge in [-0.1, -0.05) is 71.7 Å². The summed E-state index contributed by atoms with van der Waals surface area (Å²) in [4.78, 5) is 41.1. The Morgan fingerprint density at radius 3 is 1.41 bits per heavy atom. The number of benzene rings is 6. The number of piperazine rings is 1. The van der Waals surface area contributed by atoms with Crippen molar-refractivity contribution >= 4 is 141 Å². The molecule has 0 atom stereocenters. The number of rotatable bonds is 24. The monoisotopic (exact) mass is 1580 g/mol. The van der Waals surface area contributed by atoms with Gasteiger partial charge in [-0.05, 0) is 188 Å². The Hall–Kier alpha value is -9.60. The molecule has 0 radical (unpaired) electrons. The molecule has 110 heavy (non-hydrogen) atoms. The topological polar surface area (TPSA) is 264 Å². The summed E-state index contributed by atoms with van der Waals surface area (Å²) in [7, 11) is 1.79. The van der Waals surface area contributed by atoms with Gasteiger partial charge in [0.05, 0.1) is 67.8 Å². The summed E-state index contributed by atoms with van der Waals surface area (Å²) in [5.74, 6) is 6.47. The second-order valence-corrected chi connectivity index (χ2v) is 39.0. The van der Waals surface area contributed by atoms with E-state index in [1.165, 1.54) is 62.7 Å². The van der Waals surface area contributed by atoms with Gasteiger partial charge in [-0.3, -0.25) is 9.88 Å². The first-order chi connectivity index (χ1) is 52.8. The standard InChI is InChI=1S/C32H44N7O2P.C25H29ClN5O2P.C24H23ClN5O3P/c1-37-17-19-39(20-18-37)24-13-15-38(16-14-24)25-11-12-27(29(21-25)41-2)35-32-33-22-26(23-9-10-23)31(36-32)34-28-7-5-6-8-30(28)42(3,4)40;1-31-13-11-17(12-14-31)18-9-10-20(22(15-18)33-2)29-25-27-16-19(26)24(30-25)28-21-7-5-6-8-23(21)34(3,4)32;1-32-21-14-17(33-16-10-12-26-13-11-16)8-9-19(21)29-24-27-15-18(25)23(30-24)28-20-6-4-5-7-22(20)34(2,3)31/h5-8,11-12,21-24H,9-10,13-20H2,1-4H3,(H2,33,34,35,36);5-11,15-16H,12-14H2,1-4H3,(H2,27,28,29,30);4-15H,1-3H3,(H2,27,28,29,30). The average Bonchev–Trinajstić information content (AvgIpc) is 1.47. The number of para-hydroxylation sites is 3. The van der Waals surface area contributed by atoms with Crippen LogP contribution in [0.4, 0.5) is 75.1 Å². The molecule has 6 aromatic carbocycles. The zero-order valence-electron chi connectivity index (χ0n) is 64.0. The van der Waals surface area contributed by atoms with Crippen molar-refractivity contribution in [3.8, 4) is 28.7 Å². The first kappa shape index (κ1) is 79.9. The van der Waals surface area contributed by atoms with Crippen LogP contribution in [0.15, 0.2) is 177 Å². The molecule has 14 rings (SSSR count). The minimum atomic E-state index is -2.51. The van der Waals surface area contributed by atoms with Crippen molar-refractivity contribution in [2.75, 3.05) is 165 Å². The summed E-state index contributed by atoms with van der Waals surface area (Å²) >= 11 is 12.7. The number of ether oxygens (including phenoxy) is 4. The van der Waals surface area contributed by atoms with Crippen molar-refractivity contribution in [3.63, 3.8) is 0 Å². The van der Waals surface area contributed by atoms with Gasteiger partial charge in [0.25, 0.3) is 0 Å². The quantitative estimate of drug-likeness (QED) is 0.0307. The lowest BCUT2D eigenvalue weighted by Gasteiger charge is -2.42. The smallest absolute Gasteiger partial charge is 0.229 e. The van der Waals surface area contributed by atoms with Crippen molar-refractivity contribution in [3.05, 3.63) is 198 Å². The van der Waals surface area contributed by atoms with Crippen LogP contribution in [-0.2, 0) is 13.7 Å². The number of methoxy groups -OCH3 is 3. The summed E-state index contributed by atoms with van der Waals surface area (Å²) in [5, 5.41) is 22.6. The summed E-state index contributed by atoms with van der Waals surface area (Å²) in [6, 6.07) is 44.6. The number of anilines is 13. The Morgan fingerprint density at radius 1 is 0.455 bits per heavy atom. The lowest BCUT2D eigenvalue weighted by Crippen LogP contribution is -2.52. The summed E-state index contributed by atoms with van der Waals surface area (Å²) in [5.41, 5.74) is 9.18. The molecular formula is C81H96Cl2N17O7P3. The van der Waals surface area contributed by atoms with Crippen LogP contribution in [0.1, 0.15) is 49.1 Å². The SMILES string of the molecule is COc1cc(C2=CCN(C)CC2)ccc1Nc1ncc(Cl)c(Nc2ccccc2P(C)(C)=O)n1.COc1cc(N2CCC(N3CCN(C)CC3)CC2)ccc1Nc1ncc(C2CC2)c(Nc2ccccc2P(C)(C)=O)n1.COc1cc(Oc2ccncc2)ccc1Nc1ncc(Cl)c(Nc2ccccc2P(C)(C)=O)n1. The van der Waals surface area contributed by atoms with Gasteiger partial charge in [-0.25, -0.2) is 15.0 Å². The van der Waals surface area contributed by atoms with Gasteiger partial charge in [-0.2, -0.15) is 15.0 Å². The van der Waals surface area contributed by atoms with Crippen LogP contribution < -0.4 is 71.7 Å². The number of hydrogen-bond donors (Lipinski definition) is 6. The predicted molar refractivity (Wildman–Crippen MR) is 452 cm³/mol. The zero-order chi connectivity index (χ0) is 77.7. The van der Waals surface area contributed by atoms with Crippen LogP contribution in [0.5, 0.6) is 28.7 Å². The van der Waals surface area contributed by atoms with Gasteiger partial charge in [0.15, 0.2) is 11.6 Å². The molecule has 2 saturated heterocycles. The van der Waals surface area contributed by atoms with E-state index in [0.717, 1.165) is 95.8 Å². The number of nitrogens with one attached hydrogen (secondary N) is 6. The highest BCUT2D eigenvalue weighted by molar-refractivity contribution is 7.71. The lowest BCUT2D eigenvalue weighted by molar-refractivity contribution is 0.0982. The molecule has 0 spiro atoms. The van der Waals surface area contributed by atoms with Crippen molar-refractivity contribution in [2.45, 2.75) is 44.1 Å². The molecule has 0 amide bonds. The molecule has 4 aromatic heterocycles. The van der Waals surface area contributed by atoms with Crippen LogP contribution >= 0.6 is 44.6 Å². The van der Waals surface area contributed by atoms with Crippen LogP contribution in [0.3, 0.4) is 0 Å². The van der Waals surface area contributed by atoms with E-state index in [2.05, 4.69) is 126 Å². The van der Waals surface area contributed by atoms with Gasteiger partial charge in [0, 0.05) is 116 Å². The molecule has 3 fully saturated rings. The fraction of sp³-hybridized carbons (Fsp3) is 0.321. The molecule has 4 aliphatic rings. The van der Waals surface area contributed by atoms with Crippen LogP contribution in [0.25, 0.3) is 5.57 Å². The van der Waals surface area contributed by atoms with Gasteiger partial charge in [0.2, 0.25) is 17.8 Å². The molecule has 0 unspecified atom stereocenters. The highest BCUT2D eigenvalue weighted by atomic mass is 35.5. The molecule has 10 aromatic rings. The van der Waals surface area contributed by atoms with Crippen LogP contribution in [0.2, 0.25) is 10.0 Å². The molecule has 24 nitrogen and oxygen atoms in total. The van der Waals surface area contributed by atoms with E-state index in [-0.39, 0.29) is 0 Å². The molecule has 576 valence electrons.